The fraction of sp³-hybridized carbons (Fsp3) is 0.389. The summed E-state index contributed by atoms with van der Waals surface area (Å²) in [4.78, 5) is 4.33. The Bertz CT molecular complexity index is 839. The van der Waals surface area contributed by atoms with Gasteiger partial charge in [-0.25, -0.2) is 0 Å². The summed E-state index contributed by atoms with van der Waals surface area (Å²) in [6.07, 6.45) is -8.19. The second-order valence-electron chi connectivity index (χ2n) is 6.33. The number of alkyl halides is 6. The van der Waals surface area contributed by atoms with E-state index in [1.165, 1.54) is 19.1 Å². The quantitative estimate of drug-likeness (QED) is 0.715. The van der Waals surface area contributed by atoms with E-state index in [2.05, 4.69) is 9.72 Å². The molecule has 0 saturated heterocycles. The van der Waals surface area contributed by atoms with Gasteiger partial charge in [-0.05, 0) is 49.6 Å². The molecule has 1 heterocycles. The van der Waals surface area contributed by atoms with Gasteiger partial charge in [0.15, 0.2) is 0 Å². The van der Waals surface area contributed by atoms with Crippen LogP contribution in [0, 0.1) is 6.92 Å². The Kier molecular flexibility index (Phi) is 4.83. The molecule has 3 nitrogen and oxygen atoms in total. The van der Waals surface area contributed by atoms with E-state index in [1.807, 2.05) is 0 Å². The normalized spacial score (nSPS) is 15.1. The molecule has 3 rings (SSSR count). The van der Waals surface area contributed by atoms with Crippen molar-refractivity contribution in [3.05, 3.63) is 46.6 Å². The van der Waals surface area contributed by atoms with E-state index in [4.69, 9.17) is 0 Å². The first-order valence-corrected chi connectivity index (χ1v) is 8.09. The molecule has 0 bridgehead atoms. The molecule has 1 aromatic heterocycles. The Hall–Kier alpha value is -2.29. The van der Waals surface area contributed by atoms with Gasteiger partial charge in [-0.2, -0.15) is 13.2 Å². The second-order valence-corrected chi connectivity index (χ2v) is 6.33. The van der Waals surface area contributed by atoms with Crippen LogP contribution in [-0.4, -0.2) is 16.5 Å². The molecule has 1 fully saturated rings. The summed E-state index contributed by atoms with van der Waals surface area (Å²) < 4.78 is 81.4. The smallest absolute Gasteiger partial charge is 0.406 e. The maximum atomic E-state index is 13.6. The molecule has 2 aromatic rings. The Balaban J connectivity index is 2.11. The number of benzene rings is 1. The van der Waals surface area contributed by atoms with Gasteiger partial charge in [0.2, 0.25) is 0 Å². The number of hydrogen-bond acceptors (Lipinski definition) is 3. The highest BCUT2D eigenvalue weighted by molar-refractivity contribution is 5.67. The third kappa shape index (κ3) is 4.18. The third-order valence-corrected chi connectivity index (χ3v) is 4.34. The van der Waals surface area contributed by atoms with Crippen LogP contribution in [0.5, 0.6) is 5.75 Å². The summed E-state index contributed by atoms with van der Waals surface area (Å²) in [5.41, 5.74) is -0.892. The van der Waals surface area contributed by atoms with Gasteiger partial charge in [0.05, 0.1) is 23.6 Å². The monoisotopic (exact) mass is 391 g/mol. The van der Waals surface area contributed by atoms with Gasteiger partial charge >= 0.3 is 12.5 Å². The van der Waals surface area contributed by atoms with Gasteiger partial charge in [0.25, 0.3) is 0 Å². The van der Waals surface area contributed by atoms with Gasteiger partial charge in [-0.15, -0.1) is 13.2 Å². The number of rotatable bonds is 4. The Morgan fingerprint density at radius 3 is 2.11 bits per heavy atom. The number of halogens is 6. The first-order chi connectivity index (χ1) is 12.5. The maximum absolute atomic E-state index is 13.6. The van der Waals surface area contributed by atoms with Crippen molar-refractivity contribution in [1.82, 2.24) is 4.98 Å². The molecule has 27 heavy (non-hydrogen) atoms. The summed E-state index contributed by atoms with van der Waals surface area (Å²) in [5, 5.41) is 9.51. The van der Waals surface area contributed by atoms with E-state index in [-0.39, 0.29) is 34.0 Å². The highest BCUT2D eigenvalue weighted by Gasteiger charge is 2.40. The lowest BCUT2D eigenvalue weighted by Gasteiger charge is -2.20. The molecule has 1 N–H and O–H groups in total. The second kappa shape index (κ2) is 6.70. The van der Waals surface area contributed by atoms with Gasteiger partial charge in [0, 0.05) is 17.0 Å². The lowest BCUT2D eigenvalue weighted by molar-refractivity contribution is -0.274. The van der Waals surface area contributed by atoms with Crippen molar-refractivity contribution in [2.24, 2.45) is 0 Å². The van der Waals surface area contributed by atoms with Crippen molar-refractivity contribution in [2.75, 3.05) is 0 Å². The summed E-state index contributed by atoms with van der Waals surface area (Å²) in [6.45, 7) is 0.453. The molecule has 0 spiro atoms. The van der Waals surface area contributed by atoms with Gasteiger partial charge in [-0.3, -0.25) is 4.98 Å². The number of nitrogens with zero attached hydrogens (tertiary/aromatic N) is 1. The molecule has 0 aliphatic heterocycles. The number of hydrogen-bond donors (Lipinski definition) is 1. The van der Waals surface area contributed by atoms with Gasteiger partial charge < -0.3 is 9.84 Å². The van der Waals surface area contributed by atoms with Crippen LogP contribution in [0.25, 0.3) is 11.3 Å². The lowest BCUT2D eigenvalue weighted by Crippen LogP contribution is -2.17. The van der Waals surface area contributed by atoms with E-state index in [0.717, 1.165) is 12.1 Å². The van der Waals surface area contributed by atoms with Crippen molar-refractivity contribution >= 4 is 0 Å². The average Bonchev–Trinajstić information content (AvgIpc) is 3.37. The Labute approximate surface area is 150 Å². The molecule has 0 atom stereocenters. The van der Waals surface area contributed by atoms with E-state index in [9.17, 15) is 31.4 Å². The molecule has 0 unspecified atom stereocenters. The third-order valence-electron chi connectivity index (χ3n) is 4.34. The summed E-state index contributed by atoms with van der Waals surface area (Å²) in [5.74, 6) is -0.630. The number of aromatic nitrogens is 1. The van der Waals surface area contributed by atoms with Crippen LogP contribution >= 0.6 is 0 Å². The van der Waals surface area contributed by atoms with Crippen LogP contribution in [0.1, 0.15) is 41.1 Å². The van der Waals surface area contributed by atoms with Crippen LogP contribution in [0.15, 0.2) is 24.3 Å². The number of ether oxygens (including phenoxy) is 1. The molecule has 1 aromatic carbocycles. The molecule has 0 amide bonds. The summed E-state index contributed by atoms with van der Waals surface area (Å²) in [7, 11) is 0. The Morgan fingerprint density at radius 1 is 1.07 bits per heavy atom. The van der Waals surface area contributed by atoms with E-state index >= 15 is 0 Å². The zero-order chi connectivity index (χ0) is 20.0. The molecule has 9 heteroatoms. The largest absolute Gasteiger partial charge is 0.573 e. The molecular weight excluding hydrogens is 376 g/mol. The fourth-order valence-corrected chi connectivity index (χ4v) is 3.08. The van der Waals surface area contributed by atoms with E-state index in [0.29, 0.717) is 12.8 Å². The topological polar surface area (TPSA) is 42.4 Å². The molecule has 1 aliphatic carbocycles. The lowest BCUT2D eigenvalue weighted by atomic mass is 9.94. The van der Waals surface area contributed by atoms with Crippen LogP contribution in [-0.2, 0) is 12.8 Å². The van der Waals surface area contributed by atoms with Gasteiger partial charge in [0.1, 0.15) is 5.75 Å². The summed E-state index contributed by atoms with van der Waals surface area (Å²) >= 11 is 0. The first kappa shape index (κ1) is 19.5. The molecule has 146 valence electrons. The molecule has 1 aliphatic rings. The van der Waals surface area contributed by atoms with Crippen LogP contribution in [0.3, 0.4) is 0 Å². The zero-order valence-electron chi connectivity index (χ0n) is 14.1. The SMILES string of the molecule is Cc1c(-c2ccc(OC(F)(F)F)cc2)nc(C2CC2)c(CO)c1C(F)(F)F. The van der Waals surface area contributed by atoms with E-state index < -0.39 is 30.5 Å². The predicted octanol–water partition coefficient (Wildman–Crippen LogP) is 5.34. The van der Waals surface area contributed by atoms with Crippen molar-refractivity contribution in [3.63, 3.8) is 0 Å². The highest BCUT2D eigenvalue weighted by Crippen LogP contribution is 2.46. The van der Waals surface area contributed by atoms with Crippen LogP contribution in [0.2, 0.25) is 0 Å². The van der Waals surface area contributed by atoms with Crippen LogP contribution in [0.4, 0.5) is 26.3 Å². The molecular formula is C18H15F6NO2. The van der Waals surface area contributed by atoms with Crippen LogP contribution < -0.4 is 4.74 Å². The Morgan fingerprint density at radius 2 is 1.67 bits per heavy atom. The summed E-state index contributed by atoms with van der Waals surface area (Å²) in [6, 6.07) is 4.50. The minimum absolute atomic E-state index is 0.0278. The van der Waals surface area contributed by atoms with Gasteiger partial charge in [-0.1, -0.05) is 0 Å². The average molecular weight is 391 g/mol. The fourth-order valence-electron chi connectivity index (χ4n) is 3.08. The number of pyridine rings is 1. The first-order valence-electron chi connectivity index (χ1n) is 8.09. The standard InChI is InChI=1S/C18H15F6NO2/c1-9-14(17(19,20)21)13(8-26)16(11-2-3-11)25-15(9)10-4-6-12(7-5-10)27-18(22,23)24/h4-7,11,26H,2-3,8H2,1H3. The molecule has 0 radical (unpaired) electrons. The van der Waals surface area contributed by atoms with E-state index in [1.54, 1.807) is 0 Å². The minimum atomic E-state index is -4.86. The minimum Gasteiger partial charge on any atom is -0.406 e. The highest BCUT2D eigenvalue weighted by atomic mass is 19.4. The van der Waals surface area contributed by atoms with Crippen molar-refractivity contribution in [2.45, 2.75) is 44.8 Å². The predicted molar refractivity (Wildman–Crippen MR) is 84.0 cm³/mol. The van der Waals surface area contributed by atoms with Crippen molar-refractivity contribution in [1.29, 1.82) is 0 Å². The zero-order valence-corrected chi connectivity index (χ0v) is 14.1. The van der Waals surface area contributed by atoms with Crippen molar-refractivity contribution < 1.29 is 36.2 Å². The maximum Gasteiger partial charge on any atom is 0.573 e. The number of aliphatic hydroxyl groups excluding tert-OH is 1. The number of aliphatic hydroxyl groups is 1. The molecule has 1 saturated carbocycles. The van der Waals surface area contributed by atoms with Crippen molar-refractivity contribution in [3.8, 4) is 17.0 Å².